The number of urea groups is 1. The average molecular weight is 211 g/mol. The number of hydrogen-bond acceptors (Lipinski definition) is 5. The van der Waals surface area contributed by atoms with Gasteiger partial charge >= 0.3 is 6.03 Å². The summed E-state index contributed by atoms with van der Waals surface area (Å²) in [5.41, 5.74) is 8.50. The molecule has 4 N–H and O–H groups in total. The summed E-state index contributed by atoms with van der Waals surface area (Å²) in [5.74, 6) is 0. The first-order chi connectivity index (χ1) is 7.23. The number of aromatic nitrogens is 2. The molecular formula is C8H13N5O2. The van der Waals surface area contributed by atoms with Crippen LogP contribution in [-0.2, 0) is 4.84 Å². The molecule has 1 aromatic heterocycles. The fourth-order valence-electron chi connectivity index (χ4n) is 0.517. The molecule has 2 rings (SSSR count). The van der Waals surface area contributed by atoms with Crippen LogP contribution in [0, 0.1) is 0 Å². The van der Waals surface area contributed by atoms with Crippen molar-refractivity contribution in [2.24, 2.45) is 16.6 Å². The number of primary amides is 2. The van der Waals surface area contributed by atoms with Crippen molar-refractivity contribution in [3.05, 3.63) is 24.8 Å². The first kappa shape index (κ1) is 12.8. The number of carbonyl (C=O) groups excluding carboxylic acids is 1. The molecule has 1 aromatic rings. The zero-order valence-electron chi connectivity index (χ0n) is 8.11. The second kappa shape index (κ2) is 9.90. The minimum atomic E-state index is -0.833. The second-order valence-electron chi connectivity index (χ2n) is 2.22. The van der Waals surface area contributed by atoms with Gasteiger partial charge in [-0.05, 0) is 6.07 Å². The summed E-state index contributed by atoms with van der Waals surface area (Å²) in [6.07, 6.45) is 7.62. The number of carbonyl (C=O) groups is 1. The van der Waals surface area contributed by atoms with Crippen molar-refractivity contribution in [2.75, 3.05) is 6.61 Å². The second-order valence-corrected chi connectivity index (χ2v) is 2.22. The molecule has 1 aliphatic heterocycles. The van der Waals surface area contributed by atoms with Crippen LogP contribution in [0.1, 0.15) is 6.42 Å². The maximum atomic E-state index is 9.00. The molecule has 2 heterocycles. The van der Waals surface area contributed by atoms with Crippen molar-refractivity contribution in [1.29, 1.82) is 0 Å². The quantitative estimate of drug-likeness (QED) is 0.622. The largest absolute Gasteiger partial charge is 0.396 e. The van der Waals surface area contributed by atoms with Gasteiger partial charge in [-0.25, -0.2) is 14.8 Å². The van der Waals surface area contributed by atoms with Crippen LogP contribution in [-0.4, -0.2) is 28.8 Å². The minimum Gasteiger partial charge on any atom is -0.396 e. The van der Waals surface area contributed by atoms with E-state index in [0.29, 0.717) is 0 Å². The van der Waals surface area contributed by atoms with Crippen molar-refractivity contribution < 1.29 is 9.63 Å². The molecule has 0 spiro atoms. The molecule has 0 bridgehead atoms. The van der Waals surface area contributed by atoms with Gasteiger partial charge in [-0.15, -0.1) is 0 Å². The van der Waals surface area contributed by atoms with Crippen LogP contribution in [0.15, 0.2) is 29.9 Å². The van der Waals surface area contributed by atoms with Gasteiger partial charge in [0.2, 0.25) is 0 Å². The highest BCUT2D eigenvalue weighted by Crippen LogP contribution is 1.86. The number of hydrogen-bond donors (Lipinski definition) is 2. The van der Waals surface area contributed by atoms with Crippen LogP contribution >= 0.6 is 0 Å². The Morgan fingerprint density at radius 2 is 1.87 bits per heavy atom. The van der Waals surface area contributed by atoms with Gasteiger partial charge in [-0.3, -0.25) is 0 Å². The number of rotatable bonds is 0. The van der Waals surface area contributed by atoms with E-state index >= 15 is 0 Å². The van der Waals surface area contributed by atoms with E-state index in [-0.39, 0.29) is 0 Å². The highest BCUT2D eigenvalue weighted by atomic mass is 16.6. The van der Waals surface area contributed by atoms with E-state index in [9.17, 15) is 0 Å². The molecule has 82 valence electrons. The van der Waals surface area contributed by atoms with Gasteiger partial charge in [0.1, 0.15) is 12.9 Å². The standard InChI is InChI=1S/C4H4N2.C3H5NO.CH4N2O/c1-2-5-4-6-3-1;1-2-4-5-3-1;2-1(3)4/h1-4H;2H,1,3H2;(H4,2,3,4). The maximum Gasteiger partial charge on any atom is 0.309 e. The summed E-state index contributed by atoms with van der Waals surface area (Å²) >= 11 is 0. The maximum absolute atomic E-state index is 9.00. The summed E-state index contributed by atoms with van der Waals surface area (Å²) in [6, 6.07) is 0.944. The lowest BCUT2D eigenvalue weighted by Crippen LogP contribution is -2.18. The Kier molecular flexibility index (Phi) is 8.47. The van der Waals surface area contributed by atoms with Gasteiger partial charge in [0, 0.05) is 25.0 Å². The Labute approximate surface area is 87.1 Å². The zero-order valence-corrected chi connectivity index (χ0v) is 8.11. The molecule has 0 unspecified atom stereocenters. The SMILES string of the molecule is C1=NOCC1.NC(N)=O.c1cncnc1. The van der Waals surface area contributed by atoms with Crippen LogP contribution in [0.3, 0.4) is 0 Å². The Morgan fingerprint density at radius 3 is 2.00 bits per heavy atom. The van der Waals surface area contributed by atoms with E-state index < -0.39 is 6.03 Å². The number of oxime groups is 1. The third-order valence-corrected chi connectivity index (χ3v) is 0.965. The minimum absolute atomic E-state index is 0.778. The molecule has 0 saturated carbocycles. The first-order valence-corrected chi connectivity index (χ1v) is 4.12. The van der Waals surface area contributed by atoms with Gasteiger partial charge in [0.05, 0.1) is 0 Å². The molecule has 0 aromatic carbocycles. The molecule has 0 radical (unpaired) electrons. The molecule has 7 heteroatoms. The number of nitrogens with two attached hydrogens (primary N) is 2. The molecule has 0 atom stereocenters. The van der Waals surface area contributed by atoms with Gasteiger partial charge in [-0.2, -0.15) is 0 Å². The third-order valence-electron chi connectivity index (χ3n) is 0.965. The molecular weight excluding hydrogens is 198 g/mol. The Bertz CT molecular complexity index is 241. The Hall–Kier alpha value is -2.18. The average Bonchev–Trinajstić information content (AvgIpc) is 2.77. The summed E-state index contributed by atoms with van der Waals surface area (Å²) in [7, 11) is 0. The van der Waals surface area contributed by atoms with Gasteiger partial charge in [0.15, 0.2) is 0 Å². The number of amides is 2. The molecule has 1 aliphatic rings. The lowest BCUT2D eigenvalue weighted by molar-refractivity contribution is 0.174. The van der Waals surface area contributed by atoms with Crippen LogP contribution in [0.5, 0.6) is 0 Å². The smallest absolute Gasteiger partial charge is 0.309 e. The first-order valence-electron chi connectivity index (χ1n) is 4.12. The van der Waals surface area contributed by atoms with E-state index in [2.05, 4.69) is 31.4 Å². The van der Waals surface area contributed by atoms with E-state index in [4.69, 9.17) is 4.79 Å². The van der Waals surface area contributed by atoms with Crippen molar-refractivity contribution in [1.82, 2.24) is 9.97 Å². The van der Waals surface area contributed by atoms with Crippen LogP contribution in [0.25, 0.3) is 0 Å². The summed E-state index contributed by atoms with van der Waals surface area (Å²) in [5, 5.41) is 3.46. The van der Waals surface area contributed by atoms with Gasteiger partial charge < -0.3 is 16.3 Å². The van der Waals surface area contributed by atoms with Gasteiger partial charge in [0.25, 0.3) is 0 Å². The topological polar surface area (TPSA) is 116 Å². The zero-order chi connectivity index (χ0) is 11.4. The summed E-state index contributed by atoms with van der Waals surface area (Å²) in [6.45, 7) is 0.778. The third kappa shape index (κ3) is 14.7. The summed E-state index contributed by atoms with van der Waals surface area (Å²) < 4.78 is 0. The predicted octanol–water partition coefficient (Wildman–Crippen LogP) is -0.107. The monoisotopic (exact) mass is 211 g/mol. The van der Waals surface area contributed by atoms with E-state index in [1.165, 1.54) is 6.33 Å². The van der Waals surface area contributed by atoms with Gasteiger partial charge in [-0.1, -0.05) is 5.16 Å². The van der Waals surface area contributed by atoms with Crippen LogP contribution in [0.2, 0.25) is 0 Å². The molecule has 0 aliphatic carbocycles. The summed E-state index contributed by atoms with van der Waals surface area (Å²) in [4.78, 5) is 20.9. The predicted molar refractivity (Wildman–Crippen MR) is 54.9 cm³/mol. The molecule has 0 fully saturated rings. The highest BCUT2D eigenvalue weighted by Gasteiger charge is 1.86. The fourth-order valence-corrected chi connectivity index (χ4v) is 0.517. The van der Waals surface area contributed by atoms with Crippen molar-refractivity contribution in [3.8, 4) is 0 Å². The lowest BCUT2D eigenvalue weighted by Gasteiger charge is -1.76. The lowest BCUT2D eigenvalue weighted by atomic mass is 10.5. The highest BCUT2D eigenvalue weighted by molar-refractivity contribution is 5.69. The van der Waals surface area contributed by atoms with Crippen LogP contribution < -0.4 is 11.5 Å². The molecule has 0 saturated heterocycles. The normalized spacial score (nSPS) is 11.2. The Morgan fingerprint density at radius 1 is 1.27 bits per heavy atom. The van der Waals surface area contributed by atoms with Crippen molar-refractivity contribution in [3.63, 3.8) is 0 Å². The van der Waals surface area contributed by atoms with Crippen molar-refractivity contribution >= 4 is 12.2 Å². The molecule has 15 heavy (non-hydrogen) atoms. The molecule has 7 nitrogen and oxygen atoms in total. The Balaban J connectivity index is 0.000000202. The van der Waals surface area contributed by atoms with E-state index in [1.807, 2.05) is 0 Å². The van der Waals surface area contributed by atoms with E-state index in [1.54, 1.807) is 24.7 Å². The molecule has 2 amide bonds. The number of nitrogens with zero attached hydrogens (tertiary/aromatic N) is 3. The van der Waals surface area contributed by atoms with E-state index in [0.717, 1.165) is 13.0 Å². The van der Waals surface area contributed by atoms with Crippen molar-refractivity contribution in [2.45, 2.75) is 6.42 Å². The van der Waals surface area contributed by atoms with Crippen LogP contribution in [0.4, 0.5) is 4.79 Å². The fraction of sp³-hybridized carbons (Fsp3) is 0.250.